The highest BCUT2D eigenvalue weighted by Gasteiger charge is 2.38. The summed E-state index contributed by atoms with van der Waals surface area (Å²) in [7, 11) is 1.90. The SMILES string of the molecule is C[C@H](Nc1nccc(-c2c(-c3ccc(F)cc3)c(=O)n(C3CCNCC3)n2C)n1)c1ccccc1.O=C(O)C(F)(F)F. The molecule has 0 spiro atoms. The minimum Gasteiger partial charge on any atom is -0.475 e. The van der Waals surface area contributed by atoms with Crippen LogP contribution in [0, 0.1) is 5.82 Å². The van der Waals surface area contributed by atoms with Crippen molar-refractivity contribution in [2.75, 3.05) is 18.4 Å². The van der Waals surface area contributed by atoms with Crippen molar-refractivity contribution in [2.45, 2.75) is 38.0 Å². The Hall–Kier alpha value is -4.52. The van der Waals surface area contributed by atoms with E-state index in [1.807, 2.05) is 40.7 Å². The number of hydrogen-bond acceptors (Lipinski definition) is 6. The van der Waals surface area contributed by atoms with Gasteiger partial charge in [0.1, 0.15) is 5.82 Å². The van der Waals surface area contributed by atoms with Crippen LogP contribution in [0.15, 0.2) is 71.7 Å². The zero-order valence-corrected chi connectivity index (χ0v) is 22.9. The van der Waals surface area contributed by atoms with Gasteiger partial charge in [-0.3, -0.25) is 9.48 Å². The number of aliphatic carboxylic acids is 1. The largest absolute Gasteiger partial charge is 0.490 e. The monoisotopic (exact) mass is 586 g/mol. The van der Waals surface area contributed by atoms with E-state index < -0.39 is 12.1 Å². The van der Waals surface area contributed by atoms with E-state index in [1.165, 1.54) is 12.1 Å². The molecule has 2 aromatic carbocycles. The first-order chi connectivity index (χ1) is 20.0. The van der Waals surface area contributed by atoms with E-state index >= 15 is 0 Å². The number of carboxylic acid groups (broad SMARTS) is 1. The second kappa shape index (κ2) is 13.0. The second-order valence-electron chi connectivity index (χ2n) is 9.73. The van der Waals surface area contributed by atoms with E-state index in [2.05, 4.69) is 34.7 Å². The molecule has 222 valence electrons. The van der Waals surface area contributed by atoms with E-state index in [-0.39, 0.29) is 23.5 Å². The zero-order chi connectivity index (χ0) is 30.4. The molecule has 0 saturated carbocycles. The zero-order valence-electron chi connectivity index (χ0n) is 22.9. The molecule has 42 heavy (non-hydrogen) atoms. The molecule has 1 atom stereocenters. The smallest absolute Gasteiger partial charge is 0.475 e. The van der Waals surface area contributed by atoms with Crippen molar-refractivity contribution in [2.24, 2.45) is 7.05 Å². The topological polar surface area (TPSA) is 114 Å². The second-order valence-corrected chi connectivity index (χ2v) is 9.73. The molecule has 1 aliphatic heterocycles. The average Bonchev–Trinajstić information content (AvgIpc) is 3.24. The third kappa shape index (κ3) is 7.03. The summed E-state index contributed by atoms with van der Waals surface area (Å²) in [6, 6.07) is 18.1. The molecule has 0 radical (unpaired) electrons. The molecule has 0 amide bonds. The number of hydrogen-bond donors (Lipinski definition) is 3. The van der Waals surface area contributed by atoms with Crippen LogP contribution >= 0.6 is 0 Å². The van der Waals surface area contributed by atoms with Crippen LogP contribution in [-0.2, 0) is 11.8 Å². The van der Waals surface area contributed by atoms with Gasteiger partial charge in [0.2, 0.25) is 5.95 Å². The first-order valence-corrected chi connectivity index (χ1v) is 13.2. The number of rotatable bonds is 6. The Morgan fingerprint density at radius 2 is 1.69 bits per heavy atom. The van der Waals surface area contributed by atoms with Crippen LogP contribution < -0.4 is 16.2 Å². The molecule has 4 aromatic rings. The summed E-state index contributed by atoms with van der Waals surface area (Å²) in [5, 5.41) is 13.8. The van der Waals surface area contributed by atoms with Gasteiger partial charge >= 0.3 is 12.1 Å². The van der Waals surface area contributed by atoms with Gasteiger partial charge in [-0.25, -0.2) is 23.8 Å². The Balaban J connectivity index is 0.000000517. The highest BCUT2D eigenvalue weighted by Crippen LogP contribution is 2.32. The van der Waals surface area contributed by atoms with Gasteiger partial charge in [0, 0.05) is 13.2 Å². The van der Waals surface area contributed by atoms with Crippen molar-refractivity contribution < 1.29 is 27.5 Å². The van der Waals surface area contributed by atoms with Gasteiger partial charge in [-0.15, -0.1) is 0 Å². The van der Waals surface area contributed by atoms with E-state index in [1.54, 1.807) is 18.3 Å². The molecule has 3 heterocycles. The molecule has 2 aromatic heterocycles. The van der Waals surface area contributed by atoms with Crippen molar-refractivity contribution in [3.05, 3.63) is 88.6 Å². The Labute approximate surface area is 238 Å². The van der Waals surface area contributed by atoms with Crippen LogP contribution in [0.4, 0.5) is 23.5 Å². The van der Waals surface area contributed by atoms with Gasteiger partial charge in [0.05, 0.1) is 29.0 Å². The van der Waals surface area contributed by atoms with E-state index in [4.69, 9.17) is 14.9 Å². The molecule has 0 aliphatic carbocycles. The third-order valence-corrected chi connectivity index (χ3v) is 6.88. The Bertz CT molecular complexity index is 1560. The summed E-state index contributed by atoms with van der Waals surface area (Å²) in [5.74, 6) is -2.62. The number of aromatic nitrogens is 4. The molecular formula is C29H30F4N6O3. The number of carboxylic acids is 1. The number of carbonyl (C=O) groups is 1. The van der Waals surface area contributed by atoms with Gasteiger partial charge in [-0.05, 0) is 62.2 Å². The molecule has 3 N–H and O–H groups in total. The van der Waals surface area contributed by atoms with E-state index in [0.717, 1.165) is 31.5 Å². The number of halogens is 4. The van der Waals surface area contributed by atoms with Crippen LogP contribution in [0.2, 0.25) is 0 Å². The maximum Gasteiger partial charge on any atom is 0.490 e. The van der Waals surface area contributed by atoms with Gasteiger partial charge < -0.3 is 15.7 Å². The summed E-state index contributed by atoms with van der Waals surface area (Å²) < 4.78 is 49.2. The lowest BCUT2D eigenvalue weighted by Gasteiger charge is -2.25. The van der Waals surface area contributed by atoms with Gasteiger partial charge in [-0.2, -0.15) is 13.2 Å². The normalized spacial score (nSPS) is 14.5. The van der Waals surface area contributed by atoms with Crippen molar-refractivity contribution in [1.82, 2.24) is 24.6 Å². The average molecular weight is 587 g/mol. The Morgan fingerprint density at radius 3 is 2.29 bits per heavy atom. The lowest BCUT2D eigenvalue weighted by Crippen LogP contribution is -2.35. The van der Waals surface area contributed by atoms with Crippen LogP contribution in [0.5, 0.6) is 0 Å². The van der Waals surface area contributed by atoms with Crippen LogP contribution in [0.25, 0.3) is 22.5 Å². The number of alkyl halides is 3. The summed E-state index contributed by atoms with van der Waals surface area (Å²) in [4.78, 5) is 31.9. The molecule has 0 bridgehead atoms. The Morgan fingerprint density at radius 1 is 1.07 bits per heavy atom. The molecule has 1 aliphatic rings. The molecule has 1 saturated heterocycles. The van der Waals surface area contributed by atoms with E-state index in [9.17, 15) is 22.4 Å². The molecule has 1 fully saturated rings. The van der Waals surface area contributed by atoms with Crippen LogP contribution in [0.3, 0.4) is 0 Å². The fourth-order valence-corrected chi connectivity index (χ4v) is 4.83. The quantitative estimate of drug-likeness (QED) is 0.267. The van der Waals surface area contributed by atoms with Crippen LogP contribution in [0.1, 0.15) is 37.4 Å². The Kier molecular flexibility index (Phi) is 9.41. The van der Waals surface area contributed by atoms with Crippen molar-refractivity contribution >= 4 is 11.9 Å². The standard InChI is InChI=1S/C27H29FN6O.C2HF3O2/c1-18(19-6-4-3-5-7-19)31-27-30-17-14-23(32-27)25-24(20-8-10-21(28)11-9-20)26(35)34(33(25)2)22-12-15-29-16-13-22;3-2(4,5)1(6)7/h3-11,14,17-18,22,29H,12-13,15-16H2,1-2H3,(H,30,31,32);(H,6,7)/t18-;/m0./s1. The maximum absolute atomic E-state index is 13.8. The van der Waals surface area contributed by atoms with Gasteiger partial charge in [-0.1, -0.05) is 42.5 Å². The number of piperidine rings is 1. The van der Waals surface area contributed by atoms with Gasteiger partial charge in [0.15, 0.2) is 0 Å². The molecular weight excluding hydrogens is 556 g/mol. The van der Waals surface area contributed by atoms with Crippen molar-refractivity contribution in [3.63, 3.8) is 0 Å². The van der Waals surface area contributed by atoms with Crippen molar-refractivity contribution in [3.8, 4) is 22.5 Å². The van der Waals surface area contributed by atoms with E-state index in [0.29, 0.717) is 28.5 Å². The lowest BCUT2D eigenvalue weighted by molar-refractivity contribution is -0.192. The predicted octanol–water partition coefficient (Wildman–Crippen LogP) is 5.18. The summed E-state index contributed by atoms with van der Waals surface area (Å²) in [5.41, 5.74) is 3.55. The first kappa shape index (κ1) is 30.4. The highest BCUT2D eigenvalue weighted by atomic mass is 19.4. The lowest BCUT2D eigenvalue weighted by atomic mass is 10.0. The fraction of sp³-hybridized carbons (Fsp3) is 0.310. The number of nitrogens with one attached hydrogen (secondary N) is 2. The van der Waals surface area contributed by atoms with Crippen LogP contribution in [-0.4, -0.2) is 49.7 Å². The molecule has 9 nitrogen and oxygen atoms in total. The molecule has 0 unspecified atom stereocenters. The first-order valence-electron chi connectivity index (χ1n) is 13.2. The van der Waals surface area contributed by atoms with Gasteiger partial charge in [0.25, 0.3) is 5.56 Å². The highest BCUT2D eigenvalue weighted by molar-refractivity contribution is 5.79. The third-order valence-electron chi connectivity index (χ3n) is 6.88. The fourth-order valence-electron chi connectivity index (χ4n) is 4.83. The summed E-state index contributed by atoms with van der Waals surface area (Å²) in [6.45, 7) is 3.78. The van der Waals surface area contributed by atoms with Crippen molar-refractivity contribution in [1.29, 1.82) is 0 Å². The molecule has 13 heteroatoms. The summed E-state index contributed by atoms with van der Waals surface area (Å²) in [6.07, 6.45) is -1.65. The number of benzene rings is 2. The number of nitrogens with zero attached hydrogens (tertiary/aromatic N) is 4. The minimum atomic E-state index is -5.08. The summed E-state index contributed by atoms with van der Waals surface area (Å²) >= 11 is 0. The maximum atomic E-state index is 13.8. The predicted molar refractivity (Wildman–Crippen MR) is 149 cm³/mol. The number of anilines is 1. The minimum absolute atomic E-state index is 0.00572. The molecule has 5 rings (SSSR count).